The summed E-state index contributed by atoms with van der Waals surface area (Å²) in [5, 5.41) is 6.36. The maximum absolute atomic E-state index is 12.1. The van der Waals surface area contributed by atoms with Crippen LogP contribution in [0.15, 0.2) is 0 Å². The van der Waals surface area contributed by atoms with Gasteiger partial charge in [-0.1, -0.05) is 0 Å². The minimum Gasteiger partial charge on any atom is -0.379 e. The lowest BCUT2D eigenvalue weighted by Gasteiger charge is -2.41. The number of morpholine rings is 1. The van der Waals surface area contributed by atoms with Crippen molar-refractivity contribution < 1.29 is 9.53 Å². The number of hydrogen-bond acceptors (Lipinski definition) is 5. The highest BCUT2D eigenvalue weighted by Crippen LogP contribution is 2.15. The first-order valence-electron chi connectivity index (χ1n) is 7.01. The molecule has 0 bridgehead atoms. The van der Waals surface area contributed by atoms with E-state index in [2.05, 4.69) is 29.4 Å². The Morgan fingerprint density at radius 2 is 2.21 bits per heavy atom. The van der Waals surface area contributed by atoms with E-state index in [9.17, 15) is 4.79 Å². The summed E-state index contributed by atoms with van der Waals surface area (Å²) < 4.78 is 5.37. The maximum atomic E-state index is 12.1. The van der Waals surface area contributed by atoms with Crippen molar-refractivity contribution in [3.05, 3.63) is 0 Å². The lowest BCUT2D eigenvalue weighted by Crippen LogP contribution is -2.57. The number of carbonyl (C=O) groups excluding carboxylic acids is 1. The molecule has 2 heterocycles. The van der Waals surface area contributed by atoms with Crippen molar-refractivity contribution in [1.29, 1.82) is 0 Å². The fourth-order valence-corrected chi connectivity index (χ4v) is 3.37. The minimum atomic E-state index is -0.0285. The third-order valence-electron chi connectivity index (χ3n) is 3.80. The summed E-state index contributed by atoms with van der Waals surface area (Å²) in [7, 11) is 0. The molecular weight excluding hydrogens is 262 g/mol. The van der Waals surface area contributed by atoms with E-state index in [-0.39, 0.29) is 17.5 Å². The second kappa shape index (κ2) is 6.92. The molecule has 2 fully saturated rings. The third-order valence-corrected chi connectivity index (χ3v) is 4.86. The predicted molar refractivity (Wildman–Crippen MR) is 78.6 cm³/mol. The van der Waals surface area contributed by atoms with Crippen LogP contribution in [0.25, 0.3) is 0 Å². The Bertz CT molecular complexity index is 300. The molecule has 2 aliphatic heterocycles. The zero-order chi connectivity index (χ0) is 13.7. The van der Waals surface area contributed by atoms with Crippen LogP contribution in [0.2, 0.25) is 0 Å². The molecule has 2 aliphatic rings. The molecule has 1 amide bonds. The van der Waals surface area contributed by atoms with Crippen molar-refractivity contribution in [2.75, 3.05) is 50.9 Å². The van der Waals surface area contributed by atoms with Crippen LogP contribution in [0.1, 0.15) is 13.8 Å². The molecule has 0 radical (unpaired) electrons. The van der Waals surface area contributed by atoms with Gasteiger partial charge in [0.05, 0.1) is 19.3 Å². The van der Waals surface area contributed by atoms with Gasteiger partial charge in [0.15, 0.2) is 0 Å². The van der Waals surface area contributed by atoms with Gasteiger partial charge in [0.1, 0.15) is 0 Å². The number of nitrogens with zero attached hydrogens (tertiary/aromatic N) is 1. The highest BCUT2D eigenvalue weighted by atomic mass is 32.2. The van der Waals surface area contributed by atoms with Gasteiger partial charge in [-0.2, -0.15) is 11.8 Å². The number of carbonyl (C=O) groups is 1. The fraction of sp³-hybridized carbons (Fsp3) is 0.923. The molecule has 2 rings (SSSR count). The van der Waals surface area contributed by atoms with Gasteiger partial charge in [-0.25, -0.2) is 0 Å². The average molecular weight is 287 g/mol. The number of hydrogen-bond donors (Lipinski definition) is 2. The lowest BCUT2D eigenvalue weighted by atomic mass is 10.0. The Labute approximate surface area is 119 Å². The second-order valence-electron chi connectivity index (χ2n) is 5.71. The molecule has 1 unspecified atom stereocenters. The summed E-state index contributed by atoms with van der Waals surface area (Å²) in [6, 6.07) is -0.0285. The Morgan fingerprint density at radius 3 is 2.84 bits per heavy atom. The molecule has 0 aromatic carbocycles. The minimum absolute atomic E-state index is 0.0126. The Morgan fingerprint density at radius 1 is 1.47 bits per heavy atom. The van der Waals surface area contributed by atoms with E-state index in [1.165, 1.54) is 0 Å². The molecule has 0 aromatic rings. The number of thioether (sulfide) groups is 1. The molecule has 19 heavy (non-hydrogen) atoms. The normalized spacial score (nSPS) is 26.1. The monoisotopic (exact) mass is 287 g/mol. The molecule has 2 saturated heterocycles. The first-order chi connectivity index (χ1) is 9.09. The summed E-state index contributed by atoms with van der Waals surface area (Å²) in [5.74, 6) is 2.11. The van der Waals surface area contributed by atoms with Gasteiger partial charge in [0, 0.05) is 43.2 Å². The number of nitrogens with one attached hydrogen (secondary N) is 2. The van der Waals surface area contributed by atoms with Crippen molar-refractivity contribution in [3.63, 3.8) is 0 Å². The lowest BCUT2D eigenvalue weighted by molar-refractivity contribution is -0.123. The van der Waals surface area contributed by atoms with Crippen molar-refractivity contribution >= 4 is 17.7 Å². The smallest absolute Gasteiger partial charge is 0.238 e. The molecule has 0 aromatic heterocycles. The quantitative estimate of drug-likeness (QED) is 0.757. The summed E-state index contributed by atoms with van der Waals surface area (Å²) in [5.41, 5.74) is -0.0126. The van der Waals surface area contributed by atoms with Crippen LogP contribution in [0.5, 0.6) is 0 Å². The van der Waals surface area contributed by atoms with Crippen LogP contribution in [-0.2, 0) is 9.53 Å². The van der Waals surface area contributed by atoms with Crippen molar-refractivity contribution in [2.24, 2.45) is 0 Å². The fourth-order valence-electron chi connectivity index (χ4n) is 2.44. The molecule has 6 heteroatoms. The van der Waals surface area contributed by atoms with Gasteiger partial charge >= 0.3 is 0 Å². The topological polar surface area (TPSA) is 53.6 Å². The number of rotatable bonds is 4. The van der Waals surface area contributed by atoms with Crippen LogP contribution in [0.3, 0.4) is 0 Å². The van der Waals surface area contributed by atoms with E-state index < -0.39 is 0 Å². The first kappa shape index (κ1) is 15.1. The largest absolute Gasteiger partial charge is 0.379 e. The highest BCUT2D eigenvalue weighted by molar-refractivity contribution is 7.99. The maximum Gasteiger partial charge on any atom is 0.238 e. The summed E-state index contributed by atoms with van der Waals surface area (Å²) in [6.45, 7) is 9.45. The zero-order valence-corrected chi connectivity index (χ0v) is 12.7. The molecule has 5 nitrogen and oxygen atoms in total. The van der Waals surface area contributed by atoms with Gasteiger partial charge in [0.2, 0.25) is 5.91 Å². The van der Waals surface area contributed by atoms with Gasteiger partial charge < -0.3 is 15.4 Å². The summed E-state index contributed by atoms with van der Waals surface area (Å²) in [4.78, 5) is 14.5. The van der Waals surface area contributed by atoms with Crippen molar-refractivity contribution in [2.45, 2.75) is 25.4 Å². The number of ether oxygens (including phenoxy) is 1. The van der Waals surface area contributed by atoms with Crippen molar-refractivity contribution in [1.82, 2.24) is 15.5 Å². The van der Waals surface area contributed by atoms with Crippen LogP contribution < -0.4 is 10.6 Å². The van der Waals surface area contributed by atoms with Gasteiger partial charge in [0.25, 0.3) is 0 Å². The van der Waals surface area contributed by atoms with E-state index in [0.29, 0.717) is 6.54 Å². The standard InChI is InChI=1S/C13H25N3O2S/c1-13(2,16-4-6-18-7-5-16)10-15-12(17)11-9-19-8-3-14-11/h11,14H,3-10H2,1-2H3,(H,15,17). The Hall–Kier alpha value is -0.300. The van der Waals surface area contributed by atoms with E-state index in [0.717, 1.165) is 44.4 Å². The number of amides is 1. The van der Waals surface area contributed by atoms with Crippen LogP contribution in [0, 0.1) is 0 Å². The molecule has 1 atom stereocenters. The summed E-state index contributed by atoms with van der Waals surface area (Å²) in [6.07, 6.45) is 0. The Balaban J connectivity index is 1.77. The van der Waals surface area contributed by atoms with Gasteiger partial charge in [-0.05, 0) is 13.8 Å². The summed E-state index contributed by atoms with van der Waals surface area (Å²) >= 11 is 1.84. The van der Waals surface area contributed by atoms with E-state index in [1.807, 2.05) is 11.8 Å². The van der Waals surface area contributed by atoms with Crippen LogP contribution in [-0.4, -0.2) is 73.3 Å². The first-order valence-corrected chi connectivity index (χ1v) is 8.17. The van der Waals surface area contributed by atoms with E-state index in [1.54, 1.807) is 0 Å². The van der Waals surface area contributed by atoms with Crippen LogP contribution in [0.4, 0.5) is 0 Å². The second-order valence-corrected chi connectivity index (χ2v) is 6.86. The SMILES string of the molecule is CC(C)(CNC(=O)C1CSCCN1)N1CCOCC1. The molecular formula is C13H25N3O2S. The molecule has 110 valence electrons. The highest BCUT2D eigenvalue weighted by Gasteiger charge is 2.30. The van der Waals surface area contributed by atoms with E-state index in [4.69, 9.17) is 4.74 Å². The zero-order valence-electron chi connectivity index (χ0n) is 11.9. The van der Waals surface area contributed by atoms with Crippen molar-refractivity contribution in [3.8, 4) is 0 Å². The molecule has 0 aliphatic carbocycles. The van der Waals surface area contributed by atoms with Crippen LogP contribution >= 0.6 is 11.8 Å². The molecule has 0 saturated carbocycles. The van der Waals surface area contributed by atoms with Gasteiger partial charge in [-0.3, -0.25) is 9.69 Å². The molecule has 2 N–H and O–H groups in total. The third kappa shape index (κ3) is 4.34. The predicted octanol–water partition coefficient (Wildman–Crippen LogP) is -0.0816. The molecule has 0 spiro atoms. The van der Waals surface area contributed by atoms with Gasteiger partial charge in [-0.15, -0.1) is 0 Å². The van der Waals surface area contributed by atoms with E-state index >= 15 is 0 Å². The average Bonchev–Trinajstić information content (AvgIpc) is 2.47. The Kier molecular flexibility index (Phi) is 5.50.